The summed E-state index contributed by atoms with van der Waals surface area (Å²) in [5, 5.41) is 10.7. The van der Waals surface area contributed by atoms with E-state index in [9.17, 15) is 9.90 Å². The third-order valence-corrected chi connectivity index (χ3v) is 11.2. The molecule has 2 nitrogen and oxygen atoms in total. The number of ketones is 1. The molecule has 0 bridgehead atoms. The summed E-state index contributed by atoms with van der Waals surface area (Å²) in [6.45, 7) is 16.6. The molecular weight excluding hydrogens is 380 g/mol. The summed E-state index contributed by atoms with van der Waals surface area (Å²) in [6.07, 6.45) is 12.9. The Bertz CT molecular complexity index is 761. The van der Waals surface area contributed by atoms with Crippen LogP contribution in [0, 0.1) is 39.9 Å². The Labute approximate surface area is 191 Å². The maximum Gasteiger partial charge on any atom is 0.167 e. The fourth-order valence-corrected chi connectivity index (χ4v) is 8.87. The summed E-state index contributed by atoms with van der Waals surface area (Å²) in [5.74, 6) is 2.60. The van der Waals surface area contributed by atoms with Crippen molar-refractivity contribution in [3.8, 4) is 0 Å². The summed E-state index contributed by atoms with van der Waals surface area (Å²) in [4.78, 5) is 13.1. The molecule has 0 aromatic heterocycles. The van der Waals surface area contributed by atoms with Crippen LogP contribution in [-0.4, -0.2) is 16.5 Å². The monoisotopic (exact) mass is 428 g/mol. The molecule has 176 valence electrons. The average molecular weight is 429 g/mol. The van der Waals surface area contributed by atoms with Crippen molar-refractivity contribution in [2.45, 2.75) is 125 Å². The van der Waals surface area contributed by atoms with Crippen LogP contribution in [-0.2, 0) is 4.79 Å². The normalized spacial score (nSPS) is 46.0. The predicted octanol–water partition coefficient (Wildman–Crippen LogP) is 7.49. The van der Waals surface area contributed by atoms with Crippen molar-refractivity contribution in [2.75, 3.05) is 0 Å². The van der Waals surface area contributed by atoms with E-state index in [1.807, 2.05) is 0 Å². The number of carbonyl (C=O) groups excluding carboxylic acids is 1. The van der Waals surface area contributed by atoms with Crippen LogP contribution in [0.3, 0.4) is 0 Å². The SMILES string of the molecule is CC(C)CCC[C@@H](C)[C@H]1CC[C@@]2(C)C3=C(CC[C@]12C)[C@@]1(C)CC[C@@](C)(O)C(=O)[C@@H]1CC3. The number of fused-ring (bicyclic) bond motifs is 4. The van der Waals surface area contributed by atoms with Gasteiger partial charge in [-0.3, -0.25) is 4.79 Å². The van der Waals surface area contributed by atoms with Gasteiger partial charge in [0.2, 0.25) is 0 Å². The fourth-order valence-electron chi connectivity index (χ4n) is 8.87. The molecule has 7 atom stereocenters. The Morgan fingerprint density at radius 1 is 0.903 bits per heavy atom. The number of hydrogen-bond donors (Lipinski definition) is 1. The van der Waals surface area contributed by atoms with E-state index < -0.39 is 5.60 Å². The zero-order valence-corrected chi connectivity index (χ0v) is 21.4. The van der Waals surface area contributed by atoms with Crippen molar-refractivity contribution in [1.29, 1.82) is 0 Å². The fraction of sp³-hybridized carbons (Fsp3) is 0.897. The minimum absolute atomic E-state index is 0.0157. The average Bonchev–Trinajstić information content (AvgIpc) is 2.97. The largest absolute Gasteiger partial charge is 0.382 e. The first-order valence-electron chi connectivity index (χ1n) is 13.4. The van der Waals surface area contributed by atoms with Gasteiger partial charge in [0.1, 0.15) is 5.60 Å². The molecule has 1 N–H and O–H groups in total. The van der Waals surface area contributed by atoms with Gasteiger partial charge in [-0.2, -0.15) is 0 Å². The zero-order valence-electron chi connectivity index (χ0n) is 21.4. The van der Waals surface area contributed by atoms with Gasteiger partial charge >= 0.3 is 0 Å². The van der Waals surface area contributed by atoms with Crippen molar-refractivity contribution in [3.05, 3.63) is 11.1 Å². The van der Waals surface area contributed by atoms with Crippen LogP contribution in [0.1, 0.15) is 119 Å². The summed E-state index contributed by atoms with van der Waals surface area (Å²) in [6, 6.07) is 0. The van der Waals surface area contributed by atoms with E-state index in [1.54, 1.807) is 18.1 Å². The molecule has 0 spiro atoms. The molecule has 0 unspecified atom stereocenters. The smallest absolute Gasteiger partial charge is 0.167 e. The Kier molecular flexibility index (Phi) is 5.85. The standard InChI is InChI=1S/C29H48O2/c1-19(2)9-8-10-20(3)21-13-15-28(6)23-11-12-24-25(30)29(7,31)18-17-26(24,4)22(23)14-16-27(21,28)5/h19-21,24,31H,8-18H2,1-7H3/t20-,21-,24+,26-,27-,28+,29-/m1/s1. The van der Waals surface area contributed by atoms with Gasteiger partial charge in [0.15, 0.2) is 5.78 Å². The highest BCUT2D eigenvalue weighted by molar-refractivity contribution is 5.91. The van der Waals surface area contributed by atoms with Gasteiger partial charge in [-0.05, 0) is 92.3 Å². The number of hydrogen-bond acceptors (Lipinski definition) is 2. The maximum absolute atomic E-state index is 13.1. The van der Waals surface area contributed by atoms with Crippen molar-refractivity contribution in [1.82, 2.24) is 0 Å². The quantitative estimate of drug-likeness (QED) is 0.460. The Morgan fingerprint density at radius 3 is 2.29 bits per heavy atom. The highest BCUT2D eigenvalue weighted by Crippen LogP contribution is 2.71. The molecule has 0 saturated heterocycles. The van der Waals surface area contributed by atoms with E-state index in [0.717, 1.165) is 37.0 Å². The lowest BCUT2D eigenvalue weighted by Gasteiger charge is -2.59. The molecule has 4 aliphatic carbocycles. The third-order valence-electron chi connectivity index (χ3n) is 11.2. The van der Waals surface area contributed by atoms with Crippen LogP contribution in [0.5, 0.6) is 0 Å². The van der Waals surface area contributed by atoms with Gasteiger partial charge in [0.05, 0.1) is 0 Å². The van der Waals surface area contributed by atoms with Crippen LogP contribution in [0.4, 0.5) is 0 Å². The number of rotatable bonds is 5. The van der Waals surface area contributed by atoms with Crippen LogP contribution in [0.25, 0.3) is 0 Å². The van der Waals surface area contributed by atoms with Crippen molar-refractivity contribution < 1.29 is 9.90 Å². The maximum atomic E-state index is 13.1. The molecule has 0 amide bonds. The van der Waals surface area contributed by atoms with Gasteiger partial charge in [0.25, 0.3) is 0 Å². The predicted molar refractivity (Wildman–Crippen MR) is 129 cm³/mol. The van der Waals surface area contributed by atoms with E-state index in [2.05, 4.69) is 41.5 Å². The van der Waals surface area contributed by atoms with Gasteiger partial charge in [-0.1, -0.05) is 72.0 Å². The van der Waals surface area contributed by atoms with Gasteiger partial charge in [0, 0.05) is 5.92 Å². The second-order valence-electron chi connectivity index (χ2n) is 13.3. The molecule has 0 aromatic carbocycles. The molecular formula is C29H48O2. The molecule has 4 rings (SSSR count). The number of allylic oxidation sites excluding steroid dienone is 2. The Morgan fingerprint density at radius 2 is 1.61 bits per heavy atom. The second kappa shape index (κ2) is 7.71. The lowest BCUT2D eigenvalue weighted by molar-refractivity contribution is -0.152. The van der Waals surface area contributed by atoms with E-state index in [-0.39, 0.29) is 17.1 Å². The third kappa shape index (κ3) is 3.41. The van der Waals surface area contributed by atoms with Crippen molar-refractivity contribution >= 4 is 5.78 Å². The summed E-state index contributed by atoms with van der Waals surface area (Å²) >= 11 is 0. The van der Waals surface area contributed by atoms with Crippen LogP contribution >= 0.6 is 0 Å². The lowest BCUT2D eigenvalue weighted by Crippen LogP contribution is -2.55. The van der Waals surface area contributed by atoms with Gasteiger partial charge < -0.3 is 5.11 Å². The van der Waals surface area contributed by atoms with E-state index in [1.165, 1.54) is 44.9 Å². The minimum Gasteiger partial charge on any atom is -0.382 e. The first-order valence-corrected chi connectivity index (χ1v) is 13.4. The lowest BCUT2D eigenvalue weighted by atomic mass is 9.45. The Hall–Kier alpha value is -0.630. The minimum atomic E-state index is -1.11. The summed E-state index contributed by atoms with van der Waals surface area (Å²) in [5.41, 5.74) is 2.95. The number of Topliss-reactive ketones (excluding diaryl/α,β-unsaturated/α-hetero) is 1. The van der Waals surface area contributed by atoms with E-state index >= 15 is 0 Å². The van der Waals surface area contributed by atoms with Crippen LogP contribution in [0.15, 0.2) is 11.1 Å². The molecule has 2 saturated carbocycles. The van der Waals surface area contributed by atoms with Crippen LogP contribution < -0.4 is 0 Å². The van der Waals surface area contributed by atoms with Gasteiger partial charge in [-0.25, -0.2) is 0 Å². The second-order valence-corrected chi connectivity index (χ2v) is 13.3. The molecule has 0 aromatic rings. The first kappa shape index (κ1) is 23.5. The van der Waals surface area contributed by atoms with Crippen LogP contribution in [0.2, 0.25) is 0 Å². The molecule has 0 heterocycles. The zero-order chi connectivity index (χ0) is 22.8. The molecule has 31 heavy (non-hydrogen) atoms. The highest BCUT2D eigenvalue weighted by atomic mass is 16.3. The highest BCUT2D eigenvalue weighted by Gasteiger charge is 2.63. The van der Waals surface area contributed by atoms with Crippen molar-refractivity contribution in [3.63, 3.8) is 0 Å². The number of carbonyl (C=O) groups is 1. The molecule has 2 heteroatoms. The molecule has 0 radical (unpaired) electrons. The molecule has 0 aliphatic heterocycles. The van der Waals surface area contributed by atoms with E-state index in [4.69, 9.17) is 0 Å². The molecule has 4 aliphatic rings. The number of aliphatic hydroxyl groups is 1. The summed E-state index contributed by atoms with van der Waals surface area (Å²) < 4.78 is 0. The first-order chi connectivity index (χ1) is 14.4. The van der Waals surface area contributed by atoms with E-state index in [0.29, 0.717) is 17.3 Å². The summed E-state index contributed by atoms with van der Waals surface area (Å²) in [7, 11) is 0. The van der Waals surface area contributed by atoms with Crippen molar-refractivity contribution in [2.24, 2.45) is 39.9 Å². The molecule has 2 fully saturated rings. The van der Waals surface area contributed by atoms with Gasteiger partial charge in [-0.15, -0.1) is 0 Å². The topological polar surface area (TPSA) is 37.3 Å². The Balaban J connectivity index is 1.62.